The fourth-order valence-electron chi connectivity index (χ4n) is 3.52. The van der Waals surface area contributed by atoms with Gasteiger partial charge in [0.1, 0.15) is 0 Å². The van der Waals surface area contributed by atoms with Gasteiger partial charge in [-0.2, -0.15) is 0 Å². The molecule has 1 aromatic rings. The maximum absolute atomic E-state index is 12.5. The molecule has 0 radical (unpaired) electrons. The van der Waals surface area contributed by atoms with Gasteiger partial charge in [-0.15, -0.1) is 0 Å². The zero-order chi connectivity index (χ0) is 17.8. The Bertz CT molecular complexity index is 680. The molecule has 134 valence electrons. The van der Waals surface area contributed by atoms with Crippen molar-refractivity contribution in [3.8, 4) is 0 Å². The van der Waals surface area contributed by atoms with Gasteiger partial charge in [-0.25, -0.2) is 0 Å². The molecule has 0 unspecified atom stereocenters. The molecule has 25 heavy (non-hydrogen) atoms. The van der Waals surface area contributed by atoms with Crippen LogP contribution < -0.4 is 5.32 Å². The molecule has 0 atom stereocenters. The minimum Gasteiger partial charge on any atom is -0.385 e. The Balaban J connectivity index is 1.71. The molecule has 0 bridgehead atoms. The highest BCUT2D eigenvalue weighted by atomic mass is 16.5. The molecule has 1 heterocycles. The highest BCUT2D eigenvalue weighted by Gasteiger charge is 2.35. The van der Waals surface area contributed by atoms with Crippen molar-refractivity contribution in [1.82, 2.24) is 10.2 Å². The number of hydrogen-bond acceptors (Lipinski definition) is 4. The first kappa shape index (κ1) is 17.6. The lowest BCUT2D eigenvalue weighted by atomic mass is 9.95. The third-order valence-corrected chi connectivity index (χ3v) is 4.90. The van der Waals surface area contributed by atoms with Gasteiger partial charge in [0.05, 0.1) is 11.1 Å². The number of rotatable bonds is 6. The van der Waals surface area contributed by atoms with E-state index in [-0.39, 0.29) is 23.8 Å². The quantitative estimate of drug-likeness (QED) is 0.635. The van der Waals surface area contributed by atoms with Gasteiger partial charge in [0.15, 0.2) is 0 Å². The topological polar surface area (TPSA) is 75.7 Å². The van der Waals surface area contributed by atoms with Crippen LogP contribution in [0.2, 0.25) is 0 Å². The van der Waals surface area contributed by atoms with Gasteiger partial charge in [-0.05, 0) is 37.5 Å². The third kappa shape index (κ3) is 3.74. The van der Waals surface area contributed by atoms with E-state index in [1.165, 1.54) is 11.3 Å². The number of carbonyl (C=O) groups excluding carboxylic acids is 3. The molecule has 0 spiro atoms. The Morgan fingerprint density at radius 2 is 1.88 bits per heavy atom. The summed E-state index contributed by atoms with van der Waals surface area (Å²) >= 11 is 0. The summed E-state index contributed by atoms with van der Waals surface area (Å²) in [5.41, 5.74) is 1.12. The summed E-state index contributed by atoms with van der Waals surface area (Å²) < 4.78 is 4.97. The first-order valence-corrected chi connectivity index (χ1v) is 8.92. The molecule has 1 aliphatic carbocycles. The number of benzene rings is 1. The van der Waals surface area contributed by atoms with E-state index in [1.54, 1.807) is 25.3 Å². The molecule has 0 aromatic heterocycles. The summed E-state index contributed by atoms with van der Waals surface area (Å²) in [5, 5.41) is 3.04. The Kier molecular flexibility index (Phi) is 5.48. The maximum atomic E-state index is 12.5. The van der Waals surface area contributed by atoms with Crippen LogP contribution in [0, 0.1) is 0 Å². The van der Waals surface area contributed by atoms with Crippen LogP contribution in [0.4, 0.5) is 0 Å². The number of nitrogens with zero attached hydrogens (tertiary/aromatic N) is 1. The van der Waals surface area contributed by atoms with Crippen LogP contribution in [-0.2, 0) is 4.74 Å². The van der Waals surface area contributed by atoms with Gasteiger partial charge < -0.3 is 10.1 Å². The zero-order valence-corrected chi connectivity index (χ0v) is 14.5. The molecule has 0 saturated heterocycles. The first-order chi connectivity index (χ1) is 12.1. The Morgan fingerprint density at radius 1 is 1.16 bits per heavy atom. The van der Waals surface area contributed by atoms with Gasteiger partial charge in [-0.1, -0.05) is 19.3 Å². The molecule has 3 amide bonds. The van der Waals surface area contributed by atoms with Crippen molar-refractivity contribution in [3.05, 3.63) is 34.9 Å². The van der Waals surface area contributed by atoms with Crippen LogP contribution in [-0.4, -0.2) is 48.9 Å². The fourth-order valence-corrected chi connectivity index (χ4v) is 3.52. The van der Waals surface area contributed by atoms with Crippen LogP contribution in [0.15, 0.2) is 18.2 Å². The Morgan fingerprint density at radius 3 is 2.60 bits per heavy atom. The van der Waals surface area contributed by atoms with Gasteiger partial charge in [-0.3, -0.25) is 19.3 Å². The van der Waals surface area contributed by atoms with Gasteiger partial charge in [0, 0.05) is 31.9 Å². The second-order valence-electron chi connectivity index (χ2n) is 6.68. The average molecular weight is 344 g/mol. The van der Waals surface area contributed by atoms with Crippen LogP contribution in [0.5, 0.6) is 0 Å². The molecule has 6 nitrogen and oxygen atoms in total. The summed E-state index contributed by atoms with van der Waals surface area (Å²) in [6, 6.07) is 4.96. The largest absolute Gasteiger partial charge is 0.385 e. The summed E-state index contributed by atoms with van der Waals surface area (Å²) in [4.78, 5) is 38.5. The SMILES string of the molecule is COCCCN1C(=O)c2ccc(C(=O)NC3CCCCC3)cc2C1=O. The summed E-state index contributed by atoms with van der Waals surface area (Å²) in [6.07, 6.45) is 6.09. The molecule has 2 aliphatic rings. The second kappa shape index (κ2) is 7.78. The number of nitrogens with one attached hydrogen (secondary N) is 1. The van der Waals surface area contributed by atoms with E-state index in [4.69, 9.17) is 4.74 Å². The number of carbonyl (C=O) groups is 3. The van der Waals surface area contributed by atoms with E-state index >= 15 is 0 Å². The Labute approximate surface area is 147 Å². The van der Waals surface area contributed by atoms with Crippen molar-refractivity contribution in [3.63, 3.8) is 0 Å². The fraction of sp³-hybridized carbons (Fsp3) is 0.526. The van der Waals surface area contributed by atoms with Crippen LogP contribution in [0.25, 0.3) is 0 Å². The summed E-state index contributed by atoms with van der Waals surface area (Å²) in [5.74, 6) is -0.799. The third-order valence-electron chi connectivity index (χ3n) is 4.90. The van der Waals surface area contributed by atoms with Crippen molar-refractivity contribution >= 4 is 17.7 Å². The predicted molar refractivity (Wildman–Crippen MR) is 92.6 cm³/mol. The molecule has 1 saturated carbocycles. The number of imide groups is 1. The number of fused-ring (bicyclic) bond motifs is 1. The van der Waals surface area contributed by atoms with Gasteiger partial charge in [0.2, 0.25) is 0 Å². The minimum absolute atomic E-state index is 0.173. The zero-order valence-electron chi connectivity index (χ0n) is 14.5. The molecule has 1 N–H and O–H groups in total. The van der Waals surface area contributed by atoms with Crippen molar-refractivity contribution < 1.29 is 19.1 Å². The number of hydrogen-bond donors (Lipinski definition) is 1. The lowest BCUT2D eigenvalue weighted by Gasteiger charge is -2.22. The van der Waals surface area contributed by atoms with Crippen LogP contribution >= 0.6 is 0 Å². The molecule has 1 aromatic carbocycles. The highest BCUT2D eigenvalue weighted by Crippen LogP contribution is 2.25. The first-order valence-electron chi connectivity index (χ1n) is 8.92. The predicted octanol–water partition coefficient (Wildman–Crippen LogP) is 2.38. The number of amides is 3. The van der Waals surface area contributed by atoms with E-state index in [0.29, 0.717) is 36.3 Å². The van der Waals surface area contributed by atoms with Crippen molar-refractivity contribution in [2.24, 2.45) is 0 Å². The van der Waals surface area contributed by atoms with Crippen molar-refractivity contribution in [1.29, 1.82) is 0 Å². The second-order valence-corrected chi connectivity index (χ2v) is 6.68. The minimum atomic E-state index is -0.330. The van der Waals surface area contributed by atoms with E-state index in [9.17, 15) is 14.4 Å². The molecule has 1 aliphatic heterocycles. The van der Waals surface area contributed by atoms with Crippen LogP contribution in [0.1, 0.15) is 69.6 Å². The molecule has 3 rings (SSSR count). The lowest BCUT2D eigenvalue weighted by Crippen LogP contribution is -2.36. The molecular weight excluding hydrogens is 320 g/mol. The monoisotopic (exact) mass is 344 g/mol. The highest BCUT2D eigenvalue weighted by molar-refractivity contribution is 6.22. The van der Waals surface area contributed by atoms with E-state index < -0.39 is 0 Å². The number of ether oxygens (including phenoxy) is 1. The normalized spacial score (nSPS) is 17.7. The lowest BCUT2D eigenvalue weighted by molar-refractivity contribution is 0.0638. The van der Waals surface area contributed by atoms with Crippen molar-refractivity contribution in [2.45, 2.75) is 44.6 Å². The van der Waals surface area contributed by atoms with Crippen LogP contribution in [0.3, 0.4) is 0 Å². The van der Waals surface area contributed by atoms with E-state index in [1.807, 2.05) is 0 Å². The molecule has 1 fully saturated rings. The number of methoxy groups -OCH3 is 1. The van der Waals surface area contributed by atoms with Crippen molar-refractivity contribution in [2.75, 3.05) is 20.3 Å². The van der Waals surface area contributed by atoms with E-state index in [0.717, 1.165) is 25.7 Å². The van der Waals surface area contributed by atoms with Gasteiger partial charge in [0.25, 0.3) is 17.7 Å². The smallest absolute Gasteiger partial charge is 0.261 e. The van der Waals surface area contributed by atoms with E-state index in [2.05, 4.69) is 5.32 Å². The Hall–Kier alpha value is -2.21. The average Bonchev–Trinajstić information content (AvgIpc) is 2.87. The van der Waals surface area contributed by atoms with Gasteiger partial charge >= 0.3 is 0 Å². The standard InChI is InChI=1S/C19H24N2O4/c1-25-11-5-10-21-18(23)15-9-8-13(12-16(15)19(21)24)17(22)20-14-6-3-2-4-7-14/h8-9,12,14H,2-7,10-11H2,1H3,(H,20,22). The maximum Gasteiger partial charge on any atom is 0.261 e. The molecule has 6 heteroatoms. The molecular formula is C19H24N2O4. The summed E-state index contributed by atoms with van der Waals surface area (Å²) in [7, 11) is 1.58. The summed E-state index contributed by atoms with van der Waals surface area (Å²) in [6.45, 7) is 0.812.